The molecule has 0 spiro atoms. The number of ether oxygens (including phenoxy) is 2. The number of hydrogen-bond donors (Lipinski definition) is 1. The topological polar surface area (TPSA) is 101 Å². The monoisotopic (exact) mass is 449 g/mol. The molecule has 1 aromatic carbocycles. The Balaban J connectivity index is 1.35. The fourth-order valence-corrected chi connectivity index (χ4v) is 5.12. The van der Waals surface area contributed by atoms with Crippen LogP contribution in [0.3, 0.4) is 0 Å². The van der Waals surface area contributed by atoms with Gasteiger partial charge in [-0.25, -0.2) is 8.42 Å². The third-order valence-electron chi connectivity index (χ3n) is 5.57. The van der Waals surface area contributed by atoms with Crippen LogP contribution in [0.25, 0.3) is 0 Å². The highest BCUT2D eigenvalue weighted by atomic mass is 32.2. The summed E-state index contributed by atoms with van der Waals surface area (Å²) in [7, 11) is -3.66. The molecular formula is C21H27N3O6S. The maximum absolute atomic E-state index is 13.1. The Morgan fingerprint density at radius 2 is 1.84 bits per heavy atom. The summed E-state index contributed by atoms with van der Waals surface area (Å²) < 4.78 is 44.1. The lowest BCUT2D eigenvalue weighted by Crippen LogP contribution is -2.54. The van der Waals surface area contributed by atoms with Gasteiger partial charge in [0.15, 0.2) is 11.5 Å². The van der Waals surface area contributed by atoms with Crippen LogP contribution in [0.1, 0.15) is 19.1 Å². The van der Waals surface area contributed by atoms with Crippen LogP contribution in [0, 0.1) is 0 Å². The smallest absolute Gasteiger partial charge is 0.243 e. The quantitative estimate of drug-likeness (QED) is 0.712. The van der Waals surface area contributed by atoms with Gasteiger partial charge in [0.25, 0.3) is 0 Å². The molecule has 4 rings (SSSR count). The second-order valence-corrected chi connectivity index (χ2v) is 9.51. The van der Waals surface area contributed by atoms with Gasteiger partial charge in [0.2, 0.25) is 15.9 Å². The van der Waals surface area contributed by atoms with Gasteiger partial charge in [-0.2, -0.15) is 4.31 Å². The maximum atomic E-state index is 13.1. The maximum Gasteiger partial charge on any atom is 0.243 e. The number of rotatable bonds is 6. The first-order valence-electron chi connectivity index (χ1n) is 10.4. The molecule has 31 heavy (non-hydrogen) atoms. The summed E-state index contributed by atoms with van der Waals surface area (Å²) in [5, 5.41) is 2.85. The van der Waals surface area contributed by atoms with Crippen molar-refractivity contribution in [2.45, 2.75) is 30.8 Å². The average Bonchev–Trinajstić information content (AvgIpc) is 3.20. The van der Waals surface area contributed by atoms with Gasteiger partial charge < -0.3 is 19.2 Å². The molecule has 1 saturated heterocycles. The zero-order chi connectivity index (χ0) is 21.8. The summed E-state index contributed by atoms with van der Waals surface area (Å²) in [6.07, 6.45) is 2.32. The Hall–Kier alpha value is -2.56. The van der Waals surface area contributed by atoms with Crippen LogP contribution in [0.4, 0.5) is 0 Å². The zero-order valence-electron chi connectivity index (χ0n) is 17.5. The Morgan fingerprint density at radius 1 is 1.10 bits per heavy atom. The molecule has 1 amide bonds. The third-order valence-corrected chi connectivity index (χ3v) is 7.47. The summed E-state index contributed by atoms with van der Waals surface area (Å²) in [5.41, 5.74) is 0. The van der Waals surface area contributed by atoms with E-state index in [9.17, 15) is 13.2 Å². The largest absolute Gasteiger partial charge is 0.490 e. The SMILES string of the molecule is C[C@H](C(=O)NCc1ccco1)N1CCN(S(=O)(=O)c2ccc3c(c2)OCCCO3)CC1. The number of fused-ring (bicyclic) bond motifs is 1. The molecule has 9 nitrogen and oxygen atoms in total. The van der Waals surface area contributed by atoms with Crippen LogP contribution in [0.5, 0.6) is 11.5 Å². The second-order valence-electron chi connectivity index (χ2n) is 7.57. The van der Waals surface area contributed by atoms with Crippen LogP contribution < -0.4 is 14.8 Å². The molecule has 0 bridgehead atoms. The molecule has 1 N–H and O–H groups in total. The van der Waals surface area contributed by atoms with Crippen molar-refractivity contribution in [1.29, 1.82) is 0 Å². The van der Waals surface area contributed by atoms with Crippen molar-refractivity contribution in [2.75, 3.05) is 39.4 Å². The highest BCUT2D eigenvalue weighted by molar-refractivity contribution is 7.89. The predicted octanol–water partition coefficient (Wildman–Crippen LogP) is 1.45. The van der Waals surface area contributed by atoms with Crippen LogP contribution >= 0.6 is 0 Å². The molecule has 3 heterocycles. The second kappa shape index (κ2) is 9.29. The molecule has 168 valence electrons. The van der Waals surface area contributed by atoms with Gasteiger partial charge in [-0.1, -0.05) is 0 Å². The van der Waals surface area contributed by atoms with E-state index >= 15 is 0 Å². The van der Waals surface area contributed by atoms with Gasteiger partial charge in [0, 0.05) is 38.7 Å². The number of nitrogens with zero attached hydrogens (tertiary/aromatic N) is 2. The van der Waals surface area contributed by atoms with Gasteiger partial charge in [0.05, 0.1) is 37.0 Å². The first-order chi connectivity index (χ1) is 14.9. The molecular weight excluding hydrogens is 422 g/mol. The number of benzene rings is 1. The van der Waals surface area contributed by atoms with E-state index in [0.717, 1.165) is 6.42 Å². The van der Waals surface area contributed by atoms with Crippen molar-refractivity contribution in [3.05, 3.63) is 42.4 Å². The van der Waals surface area contributed by atoms with Crippen LogP contribution in [-0.2, 0) is 21.4 Å². The fourth-order valence-electron chi connectivity index (χ4n) is 3.69. The molecule has 1 aromatic heterocycles. The number of piperazine rings is 1. The number of carbonyl (C=O) groups is 1. The number of hydrogen-bond acceptors (Lipinski definition) is 7. The van der Waals surface area contributed by atoms with Crippen molar-refractivity contribution in [2.24, 2.45) is 0 Å². The summed E-state index contributed by atoms with van der Waals surface area (Å²) in [5.74, 6) is 1.59. The van der Waals surface area contributed by atoms with Gasteiger partial charge >= 0.3 is 0 Å². The van der Waals surface area contributed by atoms with E-state index in [0.29, 0.717) is 63.2 Å². The lowest BCUT2D eigenvalue weighted by Gasteiger charge is -2.36. The molecule has 2 aliphatic heterocycles. The van der Waals surface area contributed by atoms with Crippen molar-refractivity contribution in [1.82, 2.24) is 14.5 Å². The van der Waals surface area contributed by atoms with E-state index in [4.69, 9.17) is 13.9 Å². The van der Waals surface area contributed by atoms with Gasteiger partial charge in [-0.3, -0.25) is 9.69 Å². The number of furan rings is 1. The van der Waals surface area contributed by atoms with E-state index in [1.54, 1.807) is 30.5 Å². The standard InChI is InChI=1S/C21H27N3O6S/c1-16(21(25)22-15-17-4-2-11-28-17)23-7-9-24(10-8-23)31(26,27)18-5-6-19-20(14-18)30-13-3-12-29-19/h2,4-6,11,14,16H,3,7-10,12-13,15H2,1H3,(H,22,25)/t16-/m1/s1. The molecule has 0 saturated carbocycles. The number of carbonyl (C=O) groups excluding carboxylic acids is 1. The minimum Gasteiger partial charge on any atom is -0.490 e. The van der Waals surface area contributed by atoms with Gasteiger partial charge in [-0.15, -0.1) is 0 Å². The molecule has 0 radical (unpaired) electrons. The van der Waals surface area contributed by atoms with Gasteiger partial charge in [0.1, 0.15) is 5.76 Å². The predicted molar refractivity (Wildman–Crippen MR) is 112 cm³/mol. The molecule has 0 unspecified atom stereocenters. The van der Waals surface area contributed by atoms with Crippen LogP contribution in [0.15, 0.2) is 45.9 Å². The van der Waals surface area contributed by atoms with Crippen molar-refractivity contribution in [3.63, 3.8) is 0 Å². The van der Waals surface area contributed by atoms with Crippen LogP contribution in [0.2, 0.25) is 0 Å². The Morgan fingerprint density at radius 3 is 2.55 bits per heavy atom. The molecule has 1 atom stereocenters. The molecule has 1 fully saturated rings. The minimum atomic E-state index is -3.66. The van der Waals surface area contributed by atoms with E-state index in [2.05, 4.69) is 5.32 Å². The Kier molecular flexibility index (Phi) is 6.49. The first kappa shape index (κ1) is 21.7. The van der Waals surface area contributed by atoms with E-state index in [1.807, 2.05) is 11.8 Å². The summed E-state index contributed by atoms with van der Waals surface area (Å²) >= 11 is 0. The highest BCUT2D eigenvalue weighted by Crippen LogP contribution is 2.33. The highest BCUT2D eigenvalue weighted by Gasteiger charge is 2.32. The summed E-state index contributed by atoms with van der Waals surface area (Å²) in [4.78, 5) is 14.6. The number of amides is 1. The summed E-state index contributed by atoms with van der Waals surface area (Å²) in [6.45, 7) is 4.76. The van der Waals surface area contributed by atoms with E-state index < -0.39 is 10.0 Å². The van der Waals surface area contributed by atoms with E-state index in [-0.39, 0.29) is 16.8 Å². The average molecular weight is 450 g/mol. The van der Waals surface area contributed by atoms with Gasteiger partial charge in [-0.05, 0) is 31.2 Å². The number of sulfonamides is 1. The molecule has 10 heteroatoms. The minimum absolute atomic E-state index is 0.115. The summed E-state index contributed by atoms with van der Waals surface area (Å²) in [6, 6.07) is 7.95. The fraction of sp³-hybridized carbons (Fsp3) is 0.476. The van der Waals surface area contributed by atoms with Crippen molar-refractivity contribution in [3.8, 4) is 11.5 Å². The Labute approximate surface area is 182 Å². The third kappa shape index (κ3) is 4.86. The lowest BCUT2D eigenvalue weighted by atomic mass is 10.2. The van der Waals surface area contributed by atoms with Crippen molar-refractivity contribution >= 4 is 15.9 Å². The van der Waals surface area contributed by atoms with E-state index in [1.165, 1.54) is 10.4 Å². The molecule has 0 aliphatic carbocycles. The molecule has 2 aromatic rings. The first-order valence-corrected chi connectivity index (χ1v) is 11.8. The Bertz CT molecular complexity index is 1000. The zero-order valence-corrected chi connectivity index (χ0v) is 18.3. The lowest BCUT2D eigenvalue weighted by molar-refractivity contribution is -0.126. The molecule has 2 aliphatic rings. The normalized spacial score (nSPS) is 18.9. The van der Waals surface area contributed by atoms with Crippen LogP contribution in [-0.4, -0.2) is 69.0 Å². The number of nitrogens with one attached hydrogen (secondary N) is 1. The van der Waals surface area contributed by atoms with Crippen molar-refractivity contribution < 1.29 is 27.1 Å².